The lowest BCUT2D eigenvalue weighted by Gasteiger charge is -2.36. The molecule has 5 nitrogen and oxygen atoms in total. The molecule has 6 heteroatoms. The lowest BCUT2D eigenvalue weighted by molar-refractivity contribution is 0.396. The molecule has 0 atom stereocenters. The Morgan fingerprint density at radius 3 is 2.52 bits per heavy atom. The minimum atomic E-state index is 0.595. The van der Waals surface area contributed by atoms with Crippen LogP contribution in [0.25, 0.3) is 0 Å². The summed E-state index contributed by atoms with van der Waals surface area (Å²) in [5.41, 5.74) is 1.17. The second kappa shape index (κ2) is 6.18. The summed E-state index contributed by atoms with van der Waals surface area (Å²) in [6.45, 7) is 3.69. The van der Waals surface area contributed by atoms with Gasteiger partial charge in [-0.05, 0) is 18.2 Å². The fourth-order valence-corrected chi connectivity index (χ4v) is 2.67. The van der Waals surface area contributed by atoms with Crippen molar-refractivity contribution < 1.29 is 4.74 Å². The minimum Gasteiger partial charge on any atom is -0.481 e. The first-order chi connectivity index (χ1) is 10.3. The van der Waals surface area contributed by atoms with Crippen LogP contribution in [0.3, 0.4) is 0 Å². The van der Waals surface area contributed by atoms with Gasteiger partial charge in [0, 0.05) is 43.0 Å². The normalized spacial score (nSPS) is 15.1. The van der Waals surface area contributed by atoms with E-state index >= 15 is 0 Å². The van der Waals surface area contributed by atoms with Crippen molar-refractivity contribution in [2.45, 2.75) is 0 Å². The maximum atomic E-state index is 6.05. The second-order valence-electron chi connectivity index (χ2n) is 4.87. The van der Waals surface area contributed by atoms with Crippen LogP contribution < -0.4 is 14.5 Å². The van der Waals surface area contributed by atoms with Crippen LogP contribution >= 0.6 is 11.6 Å². The second-order valence-corrected chi connectivity index (χ2v) is 5.31. The fourth-order valence-electron chi connectivity index (χ4n) is 2.48. The van der Waals surface area contributed by atoms with Crippen LogP contribution in [-0.4, -0.2) is 43.3 Å². The monoisotopic (exact) mass is 304 g/mol. The zero-order valence-electron chi connectivity index (χ0n) is 11.9. The predicted octanol–water partition coefficient (Wildman–Crippen LogP) is 2.47. The summed E-state index contributed by atoms with van der Waals surface area (Å²) in [4.78, 5) is 12.9. The molecule has 0 radical (unpaired) electrons. The SMILES string of the molecule is COc1cc(N2CCN(c3cccc(Cl)c3)CC2)ncn1. The van der Waals surface area contributed by atoms with Gasteiger partial charge in [0.2, 0.25) is 5.88 Å². The number of methoxy groups -OCH3 is 1. The number of aromatic nitrogens is 2. The molecular formula is C15H17ClN4O. The first-order valence-corrected chi connectivity index (χ1v) is 7.25. The number of piperazine rings is 1. The molecule has 0 amide bonds. The summed E-state index contributed by atoms with van der Waals surface area (Å²) < 4.78 is 5.15. The number of hydrogen-bond acceptors (Lipinski definition) is 5. The molecule has 1 aliphatic rings. The average Bonchev–Trinajstić information content (AvgIpc) is 2.55. The maximum absolute atomic E-state index is 6.05. The van der Waals surface area contributed by atoms with Crippen molar-refractivity contribution in [1.82, 2.24) is 9.97 Å². The van der Waals surface area contributed by atoms with Crippen molar-refractivity contribution in [3.8, 4) is 5.88 Å². The number of halogens is 1. The molecule has 0 saturated carbocycles. The highest BCUT2D eigenvalue weighted by atomic mass is 35.5. The van der Waals surface area contributed by atoms with Gasteiger partial charge in [-0.2, -0.15) is 0 Å². The Morgan fingerprint density at radius 1 is 1.05 bits per heavy atom. The third-order valence-electron chi connectivity index (χ3n) is 3.61. The summed E-state index contributed by atoms with van der Waals surface area (Å²) in [5, 5.41) is 0.774. The lowest BCUT2D eigenvalue weighted by Crippen LogP contribution is -2.46. The summed E-state index contributed by atoms with van der Waals surface area (Å²) in [5.74, 6) is 1.50. The van der Waals surface area contributed by atoms with Gasteiger partial charge in [0.25, 0.3) is 0 Å². The third kappa shape index (κ3) is 3.19. The molecule has 21 heavy (non-hydrogen) atoms. The lowest BCUT2D eigenvalue weighted by atomic mass is 10.2. The standard InChI is InChI=1S/C15H17ClN4O/c1-21-15-10-14(17-11-18-15)20-7-5-19(6-8-20)13-4-2-3-12(16)9-13/h2-4,9-11H,5-8H2,1H3. The van der Waals surface area contributed by atoms with Crippen molar-refractivity contribution in [2.75, 3.05) is 43.1 Å². The quantitative estimate of drug-likeness (QED) is 0.871. The van der Waals surface area contributed by atoms with Crippen molar-refractivity contribution >= 4 is 23.1 Å². The first-order valence-electron chi connectivity index (χ1n) is 6.88. The van der Waals surface area contributed by atoms with E-state index in [2.05, 4.69) is 25.8 Å². The van der Waals surface area contributed by atoms with Gasteiger partial charge in [0.05, 0.1) is 7.11 Å². The Kier molecular flexibility index (Phi) is 4.10. The van der Waals surface area contributed by atoms with E-state index in [1.807, 2.05) is 24.3 Å². The molecule has 0 aliphatic carbocycles. The third-order valence-corrected chi connectivity index (χ3v) is 3.85. The number of nitrogens with zero attached hydrogens (tertiary/aromatic N) is 4. The van der Waals surface area contributed by atoms with Gasteiger partial charge in [0.15, 0.2) is 0 Å². The molecule has 1 aromatic heterocycles. The maximum Gasteiger partial charge on any atom is 0.218 e. The molecule has 2 aromatic rings. The molecule has 1 saturated heterocycles. The van der Waals surface area contributed by atoms with E-state index in [1.165, 1.54) is 12.0 Å². The Labute approximate surface area is 129 Å². The van der Waals surface area contributed by atoms with Crippen molar-refractivity contribution in [3.05, 3.63) is 41.7 Å². The highest BCUT2D eigenvalue weighted by Crippen LogP contribution is 2.23. The number of benzene rings is 1. The summed E-state index contributed by atoms with van der Waals surface area (Å²) >= 11 is 6.05. The average molecular weight is 305 g/mol. The molecule has 1 aromatic carbocycles. The number of ether oxygens (including phenoxy) is 1. The molecule has 0 unspecified atom stereocenters. The zero-order chi connectivity index (χ0) is 14.7. The van der Waals surface area contributed by atoms with Gasteiger partial charge < -0.3 is 14.5 Å². The number of hydrogen-bond donors (Lipinski definition) is 0. The van der Waals surface area contributed by atoms with Crippen LogP contribution in [0.15, 0.2) is 36.7 Å². The fraction of sp³-hybridized carbons (Fsp3) is 0.333. The summed E-state index contributed by atoms with van der Waals surface area (Å²) in [7, 11) is 1.61. The van der Waals surface area contributed by atoms with Crippen molar-refractivity contribution in [2.24, 2.45) is 0 Å². The van der Waals surface area contributed by atoms with Crippen LogP contribution in [0, 0.1) is 0 Å². The molecule has 1 aliphatic heterocycles. The smallest absolute Gasteiger partial charge is 0.218 e. The Balaban J connectivity index is 1.67. The molecule has 0 spiro atoms. The van der Waals surface area contributed by atoms with Gasteiger partial charge in [-0.3, -0.25) is 0 Å². The van der Waals surface area contributed by atoms with Gasteiger partial charge >= 0.3 is 0 Å². The molecular weight excluding hydrogens is 288 g/mol. The number of rotatable bonds is 3. The van der Waals surface area contributed by atoms with Gasteiger partial charge in [-0.15, -0.1) is 0 Å². The predicted molar refractivity (Wildman–Crippen MR) is 84.5 cm³/mol. The van der Waals surface area contributed by atoms with Crippen LogP contribution in [-0.2, 0) is 0 Å². The first kappa shape index (κ1) is 13.9. The Hall–Kier alpha value is -2.01. The van der Waals surface area contributed by atoms with Crippen LogP contribution in [0.1, 0.15) is 0 Å². The molecule has 3 rings (SSSR count). The molecule has 0 N–H and O–H groups in total. The van der Waals surface area contributed by atoms with Crippen LogP contribution in [0.4, 0.5) is 11.5 Å². The minimum absolute atomic E-state index is 0.595. The largest absolute Gasteiger partial charge is 0.481 e. The van der Waals surface area contributed by atoms with Gasteiger partial charge in [0.1, 0.15) is 12.1 Å². The molecule has 1 fully saturated rings. The van der Waals surface area contributed by atoms with E-state index in [1.54, 1.807) is 7.11 Å². The highest BCUT2D eigenvalue weighted by Gasteiger charge is 2.19. The zero-order valence-corrected chi connectivity index (χ0v) is 12.6. The van der Waals surface area contributed by atoms with E-state index in [9.17, 15) is 0 Å². The Morgan fingerprint density at radius 2 is 1.81 bits per heavy atom. The van der Waals surface area contributed by atoms with Gasteiger partial charge in [-0.25, -0.2) is 9.97 Å². The summed E-state index contributed by atoms with van der Waals surface area (Å²) in [6.07, 6.45) is 1.54. The molecule has 110 valence electrons. The van der Waals surface area contributed by atoms with E-state index in [-0.39, 0.29) is 0 Å². The van der Waals surface area contributed by atoms with E-state index in [4.69, 9.17) is 16.3 Å². The van der Waals surface area contributed by atoms with Crippen molar-refractivity contribution in [1.29, 1.82) is 0 Å². The van der Waals surface area contributed by atoms with E-state index in [0.29, 0.717) is 5.88 Å². The topological polar surface area (TPSA) is 41.5 Å². The van der Waals surface area contributed by atoms with E-state index < -0.39 is 0 Å². The van der Waals surface area contributed by atoms with Crippen LogP contribution in [0.5, 0.6) is 5.88 Å². The Bertz CT molecular complexity index is 614. The molecule has 2 heterocycles. The number of anilines is 2. The van der Waals surface area contributed by atoms with E-state index in [0.717, 1.165) is 37.0 Å². The van der Waals surface area contributed by atoms with Crippen molar-refractivity contribution in [3.63, 3.8) is 0 Å². The summed E-state index contributed by atoms with van der Waals surface area (Å²) in [6, 6.07) is 9.85. The van der Waals surface area contributed by atoms with Gasteiger partial charge in [-0.1, -0.05) is 17.7 Å². The van der Waals surface area contributed by atoms with Crippen LogP contribution in [0.2, 0.25) is 5.02 Å². The molecule has 0 bridgehead atoms. The highest BCUT2D eigenvalue weighted by molar-refractivity contribution is 6.30.